The van der Waals surface area contributed by atoms with Crippen molar-refractivity contribution in [2.75, 3.05) is 31.2 Å². The molecule has 1 saturated heterocycles. The average molecular weight is 236 g/mol. The number of aromatic nitrogens is 2. The lowest BCUT2D eigenvalue weighted by molar-refractivity contribution is 0.0634. The zero-order valence-electron chi connectivity index (χ0n) is 10.5. The third kappa shape index (κ3) is 2.73. The number of nitrogens with two attached hydrogens (primary N) is 1. The van der Waals surface area contributed by atoms with E-state index in [2.05, 4.69) is 28.7 Å². The summed E-state index contributed by atoms with van der Waals surface area (Å²) in [5.41, 5.74) is 6.54. The predicted octanol–water partition coefficient (Wildman–Crippen LogP) is 0.593. The van der Waals surface area contributed by atoms with Gasteiger partial charge in [0.1, 0.15) is 0 Å². The molecule has 1 aliphatic heterocycles. The Hall–Kier alpha value is -1.20. The van der Waals surface area contributed by atoms with Gasteiger partial charge in [-0.15, -0.1) is 0 Å². The molecule has 0 aromatic carbocycles. The Bertz CT molecular complexity index is 363. The number of hydrogen-bond donors (Lipinski definition) is 1. The Labute approximate surface area is 102 Å². The highest BCUT2D eigenvalue weighted by Crippen LogP contribution is 2.23. The summed E-state index contributed by atoms with van der Waals surface area (Å²) < 4.78 is 5.49. The van der Waals surface area contributed by atoms with E-state index in [0.29, 0.717) is 13.2 Å². The zero-order chi connectivity index (χ0) is 12.3. The normalized spacial score (nSPS) is 19.4. The van der Waals surface area contributed by atoms with Crippen LogP contribution in [0.1, 0.15) is 19.4 Å². The van der Waals surface area contributed by atoms with Crippen molar-refractivity contribution < 1.29 is 4.74 Å². The molecule has 1 aromatic rings. The summed E-state index contributed by atoms with van der Waals surface area (Å²) in [5, 5.41) is 0. The molecular formula is C12H20N4O. The maximum atomic E-state index is 5.50. The first kappa shape index (κ1) is 12.3. The molecule has 0 amide bonds. The fraction of sp³-hybridized carbons (Fsp3) is 0.667. The average Bonchev–Trinajstić information content (AvgIpc) is 2.30. The standard InChI is InChI=1S/C12H20N4O/c1-12(2)9-17-6-5-16(12)11-14-7-10(3-4-13)8-15-11/h7-8H,3-6,9,13H2,1-2H3. The molecule has 0 atom stereocenters. The molecule has 2 heterocycles. The van der Waals surface area contributed by atoms with Gasteiger partial charge >= 0.3 is 0 Å². The summed E-state index contributed by atoms with van der Waals surface area (Å²) in [6.07, 6.45) is 4.55. The number of morpholine rings is 1. The second-order valence-electron chi connectivity index (χ2n) is 4.95. The first-order chi connectivity index (χ1) is 8.13. The number of rotatable bonds is 3. The SMILES string of the molecule is CC1(C)COCCN1c1ncc(CCN)cn1. The van der Waals surface area contributed by atoms with Crippen molar-refractivity contribution >= 4 is 5.95 Å². The fourth-order valence-electron chi connectivity index (χ4n) is 2.01. The van der Waals surface area contributed by atoms with E-state index < -0.39 is 0 Å². The third-order valence-corrected chi connectivity index (χ3v) is 3.01. The van der Waals surface area contributed by atoms with Crippen molar-refractivity contribution in [2.45, 2.75) is 25.8 Å². The van der Waals surface area contributed by atoms with E-state index in [0.717, 1.165) is 31.1 Å². The molecule has 1 aliphatic rings. The van der Waals surface area contributed by atoms with Gasteiger partial charge in [0.15, 0.2) is 0 Å². The van der Waals surface area contributed by atoms with Gasteiger partial charge in [0.2, 0.25) is 5.95 Å². The van der Waals surface area contributed by atoms with Crippen LogP contribution in [0.2, 0.25) is 0 Å². The molecule has 0 unspecified atom stereocenters. The van der Waals surface area contributed by atoms with Crippen molar-refractivity contribution in [3.8, 4) is 0 Å². The summed E-state index contributed by atoms with van der Waals surface area (Å²) >= 11 is 0. The molecule has 1 fully saturated rings. The molecule has 94 valence electrons. The lowest BCUT2D eigenvalue weighted by Crippen LogP contribution is -2.53. The Morgan fingerprint density at radius 1 is 1.41 bits per heavy atom. The topological polar surface area (TPSA) is 64.3 Å². The van der Waals surface area contributed by atoms with Gasteiger partial charge in [0.05, 0.1) is 18.8 Å². The predicted molar refractivity (Wildman–Crippen MR) is 67.0 cm³/mol. The van der Waals surface area contributed by atoms with Crippen molar-refractivity contribution in [3.05, 3.63) is 18.0 Å². The summed E-state index contributed by atoms with van der Waals surface area (Å²) in [4.78, 5) is 11.0. The number of hydrogen-bond acceptors (Lipinski definition) is 5. The van der Waals surface area contributed by atoms with Gasteiger partial charge in [-0.05, 0) is 32.4 Å². The maximum absolute atomic E-state index is 5.50. The smallest absolute Gasteiger partial charge is 0.225 e. The first-order valence-electron chi connectivity index (χ1n) is 6.00. The van der Waals surface area contributed by atoms with Crippen LogP contribution in [0, 0.1) is 0 Å². The highest BCUT2D eigenvalue weighted by atomic mass is 16.5. The van der Waals surface area contributed by atoms with E-state index in [9.17, 15) is 0 Å². The molecule has 0 aliphatic carbocycles. The first-order valence-corrected chi connectivity index (χ1v) is 6.00. The van der Waals surface area contributed by atoms with Crippen molar-refractivity contribution in [1.82, 2.24) is 9.97 Å². The molecule has 5 heteroatoms. The van der Waals surface area contributed by atoms with Gasteiger partial charge in [-0.2, -0.15) is 0 Å². The van der Waals surface area contributed by atoms with Gasteiger partial charge in [-0.3, -0.25) is 0 Å². The van der Waals surface area contributed by atoms with Crippen LogP contribution in [-0.4, -0.2) is 41.8 Å². The van der Waals surface area contributed by atoms with Crippen LogP contribution in [0.5, 0.6) is 0 Å². The van der Waals surface area contributed by atoms with Crippen LogP contribution in [-0.2, 0) is 11.2 Å². The van der Waals surface area contributed by atoms with E-state index in [1.54, 1.807) is 0 Å². The minimum atomic E-state index is -0.0480. The van der Waals surface area contributed by atoms with Crippen molar-refractivity contribution in [2.24, 2.45) is 5.73 Å². The lowest BCUT2D eigenvalue weighted by Gasteiger charge is -2.42. The molecule has 0 saturated carbocycles. The van der Waals surface area contributed by atoms with Crippen molar-refractivity contribution in [1.29, 1.82) is 0 Å². The number of anilines is 1. The van der Waals surface area contributed by atoms with E-state index in [1.165, 1.54) is 0 Å². The van der Waals surface area contributed by atoms with E-state index in [1.807, 2.05) is 12.4 Å². The summed E-state index contributed by atoms with van der Waals surface area (Å²) in [6, 6.07) is 0. The van der Waals surface area contributed by atoms with Gasteiger partial charge < -0.3 is 15.4 Å². The second-order valence-corrected chi connectivity index (χ2v) is 4.95. The van der Waals surface area contributed by atoms with Crippen LogP contribution in [0.25, 0.3) is 0 Å². The molecular weight excluding hydrogens is 216 g/mol. The quantitative estimate of drug-likeness (QED) is 0.832. The molecule has 2 N–H and O–H groups in total. The Balaban J connectivity index is 2.15. The summed E-state index contributed by atoms with van der Waals surface area (Å²) in [5.74, 6) is 0.777. The molecule has 0 spiro atoms. The fourth-order valence-corrected chi connectivity index (χ4v) is 2.01. The maximum Gasteiger partial charge on any atom is 0.225 e. The summed E-state index contributed by atoms with van der Waals surface area (Å²) in [7, 11) is 0. The number of nitrogens with zero attached hydrogens (tertiary/aromatic N) is 3. The summed E-state index contributed by atoms with van der Waals surface area (Å²) in [6.45, 7) is 7.19. The monoisotopic (exact) mass is 236 g/mol. The molecule has 0 bridgehead atoms. The third-order valence-electron chi connectivity index (χ3n) is 3.01. The second kappa shape index (κ2) is 4.98. The zero-order valence-corrected chi connectivity index (χ0v) is 10.5. The molecule has 2 rings (SSSR count). The van der Waals surface area contributed by atoms with Gasteiger partial charge in [-0.1, -0.05) is 0 Å². The number of ether oxygens (including phenoxy) is 1. The van der Waals surface area contributed by atoms with Crippen LogP contribution in [0.3, 0.4) is 0 Å². The van der Waals surface area contributed by atoms with E-state index in [-0.39, 0.29) is 5.54 Å². The molecule has 17 heavy (non-hydrogen) atoms. The van der Waals surface area contributed by atoms with Crippen LogP contribution < -0.4 is 10.6 Å². The van der Waals surface area contributed by atoms with Crippen LogP contribution >= 0.6 is 0 Å². The van der Waals surface area contributed by atoms with E-state index >= 15 is 0 Å². The Morgan fingerprint density at radius 2 is 2.12 bits per heavy atom. The Kier molecular flexibility index (Phi) is 3.59. The van der Waals surface area contributed by atoms with Gasteiger partial charge in [0, 0.05) is 18.9 Å². The highest BCUT2D eigenvalue weighted by molar-refractivity contribution is 5.35. The molecule has 0 radical (unpaired) electrons. The van der Waals surface area contributed by atoms with E-state index in [4.69, 9.17) is 10.5 Å². The van der Waals surface area contributed by atoms with Gasteiger partial charge in [0.25, 0.3) is 0 Å². The van der Waals surface area contributed by atoms with Gasteiger partial charge in [-0.25, -0.2) is 9.97 Å². The lowest BCUT2D eigenvalue weighted by atomic mass is 10.0. The Morgan fingerprint density at radius 3 is 2.71 bits per heavy atom. The largest absolute Gasteiger partial charge is 0.377 e. The van der Waals surface area contributed by atoms with Crippen molar-refractivity contribution in [3.63, 3.8) is 0 Å². The van der Waals surface area contributed by atoms with Crippen LogP contribution in [0.15, 0.2) is 12.4 Å². The highest BCUT2D eigenvalue weighted by Gasteiger charge is 2.32. The minimum Gasteiger partial charge on any atom is -0.377 e. The minimum absolute atomic E-state index is 0.0480. The molecule has 1 aromatic heterocycles. The molecule has 5 nitrogen and oxygen atoms in total. The van der Waals surface area contributed by atoms with Crippen LogP contribution in [0.4, 0.5) is 5.95 Å².